The van der Waals surface area contributed by atoms with Crippen molar-refractivity contribution < 1.29 is 9.59 Å². The minimum Gasteiger partial charge on any atom is -0.372 e. The summed E-state index contributed by atoms with van der Waals surface area (Å²) in [7, 11) is 0. The highest BCUT2D eigenvalue weighted by Crippen LogP contribution is 2.22. The number of nitrogens with zero attached hydrogens (tertiary/aromatic N) is 1. The summed E-state index contributed by atoms with van der Waals surface area (Å²) in [5.41, 5.74) is 6.18. The van der Waals surface area contributed by atoms with Crippen LogP contribution in [0.15, 0.2) is 28.7 Å². The lowest BCUT2D eigenvalue weighted by Gasteiger charge is -2.28. The summed E-state index contributed by atoms with van der Waals surface area (Å²) in [6.07, 6.45) is 3.32. The number of amides is 2. The molecule has 1 aliphatic rings. The molecule has 1 aromatic rings. The van der Waals surface area contributed by atoms with Gasteiger partial charge in [-0.2, -0.15) is 0 Å². The maximum atomic E-state index is 12.3. The van der Waals surface area contributed by atoms with Gasteiger partial charge in [-0.25, -0.2) is 0 Å². The Hall–Kier alpha value is -1.56. The third kappa shape index (κ3) is 4.46. The molecule has 0 spiro atoms. The molecule has 3 N–H and O–H groups in total. The third-order valence-corrected chi connectivity index (χ3v) is 4.33. The van der Waals surface area contributed by atoms with Gasteiger partial charge in [-0.1, -0.05) is 12.1 Å². The number of piperidine rings is 1. The average Bonchev–Trinajstić information content (AvgIpc) is 2.49. The number of hydrogen-bond acceptors (Lipinski definition) is 3. The van der Waals surface area contributed by atoms with Crippen LogP contribution in [-0.2, 0) is 9.59 Å². The van der Waals surface area contributed by atoms with Gasteiger partial charge in [-0.15, -0.1) is 0 Å². The molecule has 1 atom stereocenters. The summed E-state index contributed by atoms with van der Waals surface area (Å²) < 4.78 is 0.835. The van der Waals surface area contributed by atoms with Gasteiger partial charge in [0.1, 0.15) is 6.04 Å². The minimum atomic E-state index is -0.696. The quantitative estimate of drug-likeness (QED) is 0.851. The summed E-state index contributed by atoms with van der Waals surface area (Å²) >= 11 is 3.41. The molecule has 0 aliphatic carbocycles. The zero-order chi connectivity index (χ0) is 15.2. The summed E-state index contributed by atoms with van der Waals surface area (Å²) in [6.45, 7) is 1.55. The minimum absolute atomic E-state index is 0.0157. The Morgan fingerprint density at radius 1 is 1.24 bits per heavy atom. The van der Waals surface area contributed by atoms with Gasteiger partial charge in [0.25, 0.3) is 0 Å². The van der Waals surface area contributed by atoms with Crippen molar-refractivity contribution in [2.75, 3.05) is 18.4 Å². The number of anilines is 1. The molecule has 5 nitrogen and oxygen atoms in total. The zero-order valence-electron chi connectivity index (χ0n) is 11.8. The molecule has 1 heterocycles. The number of para-hydroxylation sites is 1. The Morgan fingerprint density at radius 2 is 1.90 bits per heavy atom. The second-order valence-electron chi connectivity index (χ2n) is 5.22. The van der Waals surface area contributed by atoms with E-state index < -0.39 is 11.9 Å². The maximum Gasteiger partial charge on any atom is 0.240 e. The smallest absolute Gasteiger partial charge is 0.240 e. The Kier molecular flexibility index (Phi) is 5.61. The molecule has 1 fully saturated rings. The van der Waals surface area contributed by atoms with Crippen molar-refractivity contribution in [2.45, 2.75) is 31.7 Å². The van der Waals surface area contributed by atoms with Crippen LogP contribution in [-0.4, -0.2) is 35.8 Å². The van der Waals surface area contributed by atoms with E-state index in [0.717, 1.165) is 42.5 Å². The molecular weight excluding hydrogens is 334 g/mol. The van der Waals surface area contributed by atoms with Gasteiger partial charge in [0.2, 0.25) is 11.8 Å². The summed E-state index contributed by atoms with van der Waals surface area (Å²) in [4.78, 5) is 25.7. The molecule has 1 saturated heterocycles. The monoisotopic (exact) mass is 353 g/mol. The van der Waals surface area contributed by atoms with Gasteiger partial charge in [-0.05, 0) is 47.3 Å². The van der Waals surface area contributed by atoms with E-state index in [2.05, 4.69) is 21.2 Å². The lowest BCUT2D eigenvalue weighted by Crippen LogP contribution is -2.43. The number of halogens is 1. The molecule has 2 amide bonds. The second-order valence-corrected chi connectivity index (χ2v) is 6.08. The largest absolute Gasteiger partial charge is 0.372 e. The van der Waals surface area contributed by atoms with Crippen LogP contribution in [0.2, 0.25) is 0 Å². The van der Waals surface area contributed by atoms with Crippen LogP contribution in [0.4, 0.5) is 5.69 Å². The van der Waals surface area contributed by atoms with Gasteiger partial charge in [0, 0.05) is 23.2 Å². The van der Waals surface area contributed by atoms with Crippen molar-refractivity contribution in [3.8, 4) is 0 Å². The summed E-state index contributed by atoms with van der Waals surface area (Å²) in [5.74, 6) is -0.533. The molecular formula is C15H20BrN3O2. The van der Waals surface area contributed by atoms with E-state index in [4.69, 9.17) is 5.73 Å². The van der Waals surface area contributed by atoms with Crippen molar-refractivity contribution >= 4 is 33.4 Å². The standard InChI is InChI=1S/C15H20BrN3O2/c16-11-6-2-3-7-12(11)18-13(15(17)21)10-14(20)19-8-4-1-5-9-19/h2-3,6-7,13,18H,1,4-5,8-10H2,(H2,17,21). The van der Waals surface area contributed by atoms with Crippen LogP contribution in [0.25, 0.3) is 0 Å². The van der Waals surface area contributed by atoms with E-state index in [1.807, 2.05) is 29.2 Å². The molecule has 21 heavy (non-hydrogen) atoms. The van der Waals surface area contributed by atoms with Crippen molar-refractivity contribution in [3.05, 3.63) is 28.7 Å². The van der Waals surface area contributed by atoms with Crippen LogP contribution in [0, 0.1) is 0 Å². The third-order valence-electron chi connectivity index (χ3n) is 3.63. The Morgan fingerprint density at radius 3 is 2.52 bits per heavy atom. The zero-order valence-corrected chi connectivity index (χ0v) is 13.4. The molecule has 1 aromatic carbocycles. The predicted molar refractivity (Wildman–Crippen MR) is 85.8 cm³/mol. The average molecular weight is 354 g/mol. The highest BCUT2D eigenvalue weighted by molar-refractivity contribution is 9.10. The molecule has 0 saturated carbocycles. The van der Waals surface area contributed by atoms with E-state index in [9.17, 15) is 9.59 Å². The number of benzene rings is 1. The molecule has 0 aromatic heterocycles. The van der Waals surface area contributed by atoms with Gasteiger partial charge >= 0.3 is 0 Å². The van der Waals surface area contributed by atoms with Crippen molar-refractivity contribution in [2.24, 2.45) is 5.73 Å². The maximum absolute atomic E-state index is 12.3. The lowest BCUT2D eigenvalue weighted by molar-refractivity contribution is -0.134. The Bertz CT molecular complexity index is 515. The lowest BCUT2D eigenvalue weighted by atomic mass is 10.1. The SMILES string of the molecule is NC(=O)C(CC(=O)N1CCCCC1)Nc1ccccc1Br. The fraction of sp³-hybridized carbons (Fsp3) is 0.467. The topological polar surface area (TPSA) is 75.4 Å². The number of nitrogens with one attached hydrogen (secondary N) is 1. The Balaban J connectivity index is 2.00. The van der Waals surface area contributed by atoms with Gasteiger partial charge < -0.3 is 16.0 Å². The van der Waals surface area contributed by atoms with E-state index in [1.165, 1.54) is 0 Å². The highest BCUT2D eigenvalue weighted by atomic mass is 79.9. The van der Waals surface area contributed by atoms with Crippen molar-refractivity contribution in [1.29, 1.82) is 0 Å². The number of nitrogens with two attached hydrogens (primary N) is 1. The van der Waals surface area contributed by atoms with Gasteiger partial charge in [0.05, 0.1) is 6.42 Å². The highest BCUT2D eigenvalue weighted by Gasteiger charge is 2.24. The summed E-state index contributed by atoms with van der Waals surface area (Å²) in [6, 6.07) is 6.75. The molecule has 114 valence electrons. The van der Waals surface area contributed by atoms with Gasteiger partial charge in [-0.3, -0.25) is 9.59 Å². The molecule has 2 rings (SSSR count). The van der Waals surface area contributed by atoms with Gasteiger partial charge in [0.15, 0.2) is 0 Å². The van der Waals surface area contributed by atoms with E-state index in [1.54, 1.807) is 0 Å². The molecule has 0 bridgehead atoms. The van der Waals surface area contributed by atoms with Crippen LogP contribution >= 0.6 is 15.9 Å². The number of rotatable bonds is 5. The van der Waals surface area contributed by atoms with Crippen LogP contribution in [0.1, 0.15) is 25.7 Å². The summed E-state index contributed by atoms with van der Waals surface area (Å²) in [5, 5.41) is 3.05. The van der Waals surface area contributed by atoms with Crippen LogP contribution in [0.5, 0.6) is 0 Å². The normalized spacial score (nSPS) is 16.3. The first-order valence-electron chi connectivity index (χ1n) is 7.16. The molecule has 1 unspecified atom stereocenters. The molecule has 1 aliphatic heterocycles. The number of carbonyl (C=O) groups excluding carboxylic acids is 2. The predicted octanol–water partition coefficient (Wildman–Crippen LogP) is 2.12. The van der Waals surface area contributed by atoms with Crippen LogP contribution in [0.3, 0.4) is 0 Å². The number of hydrogen-bond donors (Lipinski definition) is 2. The number of carbonyl (C=O) groups is 2. The van der Waals surface area contributed by atoms with Crippen molar-refractivity contribution in [1.82, 2.24) is 4.90 Å². The molecule has 6 heteroatoms. The first kappa shape index (κ1) is 15.8. The first-order valence-corrected chi connectivity index (χ1v) is 7.95. The number of likely N-dealkylation sites (tertiary alicyclic amines) is 1. The first-order chi connectivity index (χ1) is 10.1. The Labute approximate surface area is 133 Å². The van der Waals surface area contributed by atoms with Crippen LogP contribution < -0.4 is 11.1 Å². The number of primary amides is 1. The van der Waals surface area contributed by atoms with E-state index in [0.29, 0.717) is 0 Å². The van der Waals surface area contributed by atoms with Crippen molar-refractivity contribution in [3.63, 3.8) is 0 Å². The fourth-order valence-corrected chi connectivity index (χ4v) is 2.83. The fourth-order valence-electron chi connectivity index (χ4n) is 2.44. The van der Waals surface area contributed by atoms with E-state index in [-0.39, 0.29) is 12.3 Å². The second kappa shape index (κ2) is 7.45. The molecule has 0 radical (unpaired) electrons. The van der Waals surface area contributed by atoms with E-state index >= 15 is 0 Å².